The van der Waals surface area contributed by atoms with E-state index in [4.69, 9.17) is 14.5 Å². The zero-order chi connectivity index (χ0) is 22.9. The largest absolute Gasteiger partial charge is 0.465 e. The number of nitrogens with one attached hydrogen (secondary N) is 2. The Morgan fingerprint density at radius 3 is 2.59 bits per heavy atom. The predicted octanol–water partition coefficient (Wildman–Crippen LogP) is 4.32. The first kappa shape index (κ1) is 21.9. The molecule has 0 bridgehead atoms. The lowest BCUT2D eigenvalue weighted by molar-refractivity contribution is -0.120. The molecular weight excluding hydrogens is 424 g/mol. The van der Waals surface area contributed by atoms with Crippen LogP contribution in [0.2, 0.25) is 0 Å². The number of amides is 1. The van der Waals surface area contributed by atoms with Crippen molar-refractivity contribution in [1.29, 1.82) is 0 Å². The SMILES string of the molecule is Cc1ccc(CNC(=O)CN(C)c2nn3c(NC(C)(C)C)c(-c4ccccc4)nc3s2)o1. The maximum absolute atomic E-state index is 12.4. The molecular formula is C23H28N6O2S. The van der Waals surface area contributed by atoms with Crippen LogP contribution in [0.4, 0.5) is 10.9 Å². The van der Waals surface area contributed by atoms with Gasteiger partial charge in [-0.15, -0.1) is 5.10 Å². The van der Waals surface area contributed by atoms with Crippen LogP contribution in [-0.2, 0) is 11.3 Å². The Labute approximate surface area is 191 Å². The zero-order valence-corrected chi connectivity index (χ0v) is 19.8. The summed E-state index contributed by atoms with van der Waals surface area (Å²) < 4.78 is 7.32. The minimum Gasteiger partial charge on any atom is -0.465 e. The Morgan fingerprint density at radius 1 is 1.19 bits per heavy atom. The number of nitrogens with zero attached hydrogens (tertiary/aromatic N) is 4. The fraction of sp³-hybridized carbons (Fsp3) is 0.348. The van der Waals surface area contributed by atoms with Gasteiger partial charge >= 0.3 is 0 Å². The van der Waals surface area contributed by atoms with Crippen molar-refractivity contribution >= 4 is 33.2 Å². The summed E-state index contributed by atoms with van der Waals surface area (Å²) in [6, 6.07) is 13.8. The van der Waals surface area contributed by atoms with Crippen LogP contribution in [0, 0.1) is 6.92 Å². The summed E-state index contributed by atoms with van der Waals surface area (Å²) >= 11 is 1.45. The van der Waals surface area contributed by atoms with Gasteiger partial charge in [0.15, 0.2) is 5.82 Å². The second-order valence-corrected chi connectivity index (χ2v) is 9.71. The number of fused-ring (bicyclic) bond motifs is 1. The van der Waals surface area contributed by atoms with Crippen LogP contribution in [0.1, 0.15) is 32.3 Å². The maximum Gasteiger partial charge on any atom is 0.239 e. The fourth-order valence-corrected chi connectivity index (χ4v) is 4.12. The molecule has 1 amide bonds. The summed E-state index contributed by atoms with van der Waals surface area (Å²) in [5.74, 6) is 2.30. The normalized spacial score (nSPS) is 11.7. The molecule has 0 radical (unpaired) electrons. The van der Waals surface area contributed by atoms with Gasteiger partial charge in [0.25, 0.3) is 0 Å². The van der Waals surface area contributed by atoms with Crippen molar-refractivity contribution in [3.63, 3.8) is 0 Å². The molecule has 0 atom stereocenters. The topological polar surface area (TPSA) is 87.7 Å². The van der Waals surface area contributed by atoms with Crippen molar-refractivity contribution in [2.24, 2.45) is 0 Å². The number of rotatable bonds is 7. The third-order valence-corrected chi connectivity index (χ3v) is 5.72. The van der Waals surface area contributed by atoms with Gasteiger partial charge in [0, 0.05) is 18.2 Å². The second kappa shape index (κ2) is 8.66. The highest BCUT2D eigenvalue weighted by Crippen LogP contribution is 2.34. The summed E-state index contributed by atoms with van der Waals surface area (Å²) in [5, 5.41) is 11.9. The van der Waals surface area contributed by atoms with Crippen LogP contribution in [0.25, 0.3) is 16.2 Å². The van der Waals surface area contributed by atoms with Crippen LogP contribution in [0.3, 0.4) is 0 Å². The molecule has 0 spiro atoms. The van der Waals surface area contributed by atoms with Crippen molar-refractivity contribution in [1.82, 2.24) is 19.9 Å². The molecule has 2 N–H and O–H groups in total. The number of imidazole rings is 1. The minimum atomic E-state index is -0.167. The lowest BCUT2D eigenvalue weighted by Crippen LogP contribution is -2.34. The first-order valence-electron chi connectivity index (χ1n) is 10.5. The van der Waals surface area contributed by atoms with Gasteiger partial charge in [-0.05, 0) is 39.8 Å². The van der Waals surface area contributed by atoms with Crippen LogP contribution in [-0.4, -0.2) is 39.6 Å². The minimum absolute atomic E-state index is 0.104. The Bertz CT molecular complexity index is 1220. The van der Waals surface area contributed by atoms with E-state index in [1.165, 1.54) is 11.3 Å². The monoisotopic (exact) mass is 452 g/mol. The number of aryl methyl sites for hydroxylation is 1. The van der Waals surface area contributed by atoms with Gasteiger partial charge in [-0.2, -0.15) is 4.52 Å². The highest BCUT2D eigenvalue weighted by atomic mass is 32.1. The lowest BCUT2D eigenvalue weighted by Gasteiger charge is -2.22. The van der Waals surface area contributed by atoms with Crippen molar-refractivity contribution in [2.45, 2.75) is 39.8 Å². The number of furan rings is 1. The van der Waals surface area contributed by atoms with Crippen LogP contribution in [0.15, 0.2) is 46.9 Å². The van der Waals surface area contributed by atoms with E-state index in [1.54, 1.807) is 0 Å². The Hall–Kier alpha value is -3.33. The van der Waals surface area contributed by atoms with Gasteiger partial charge in [0.05, 0.1) is 13.1 Å². The number of aromatic nitrogens is 3. The third-order valence-electron chi connectivity index (χ3n) is 4.70. The van der Waals surface area contributed by atoms with Gasteiger partial charge in [-0.25, -0.2) is 4.98 Å². The third kappa shape index (κ3) is 4.94. The molecule has 9 heteroatoms. The fourth-order valence-electron chi connectivity index (χ4n) is 3.26. The van der Waals surface area contributed by atoms with E-state index < -0.39 is 0 Å². The quantitative estimate of drug-likeness (QED) is 0.434. The zero-order valence-electron chi connectivity index (χ0n) is 19.0. The lowest BCUT2D eigenvalue weighted by atomic mass is 10.1. The molecule has 168 valence electrons. The Kier molecular flexibility index (Phi) is 5.92. The number of benzene rings is 1. The molecule has 3 heterocycles. The molecule has 0 aliphatic carbocycles. The highest BCUT2D eigenvalue weighted by molar-refractivity contribution is 7.20. The highest BCUT2D eigenvalue weighted by Gasteiger charge is 2.23. The van der Waals surface area contributed by atoms with E-state index in [1.807, 2.05) is 65.9 Å². The molecule has 0 saturated heterocycles. The molecule has 0 saturated carbocycles. The molecule has 8 nitrogen and oxygen atoms in total. The van der Waals surface area contributed by atoms with Crippen molar-refractivity contribution in [2.75, 3.05) is 23.8 Å². The van der Waals surface area contributed by atoms with Crippen molar-refractivity contribution in [3.05, 3.63) is 54.0 Å². The van der Waals surface area contributed by atoms with E-state index in [2.05, 4.69) is 31.4 Å². The molecule has 0 fully saturated rings. The molecule has 0 unspecified atom stereocenters. The number of carbonyl (C=O) groups is 1. The van der Waals surface area contributed by atoms with Crippen molar-refractivity contribution < 1.29 is 9.21 Å². The average Bonchev–Trinajstić information content (AvgIpc) is 3.42. The molecule has 0 aliphatic rings. The summed E-state index contributed by atoms with van der Waals surface area (Å²) in [4.78, 5) is 19.8. The Morgan fingerprint density at radius 2 is 1.94 bits per heavy atom. The standard InChI is InChI=1S/C23H28N6O2S/c1-15-11-12-17(31-15)13-24-18(30)14-28(5)22-27-29-20(26-23(2,3)4)19(25-21(29)32-22)16-9-7-6-8-10-16/h6-12,26H,13-14H2,1-5H3,(H,24,30). The van der Waals surface area contributed by atoms with E-state index in [9.17, 15) is 4.79 Å². The number of likely N-dealkylation sites (N-methyl/N-ethyl adjacent to an activating group) is 1. The molecule has 4 aromatic rings. The predicted molar refractivity (Wildman–Crippen MR) is 128 cm³/mol. The van der Waals surface area contributed by atoms with Gasteiger partial charge in [-0.1, -0.05) is 41.7 Å². The molecule has 32 heavy (non-hydrogen) atoms. The van der Waals surface area contributed by atoms with Gasteiger partial charge in [0.1, 0.15) is 17.2 Å². The molecule has 0 aliphatic heterocycles. The first-order chi connectivity index (χ1) is 15.2. The van der Waals surface area contributed by atoms with Crippen LogP contribution < -0.4 is 15.5 Å². The van der Waals surface area contributed by atoms with Crippen molar-refractivity contribution in [3.8, 4) is 11.3 Å². The second-order valence-electron chi connectivity index (χ2n) is 8.77. The number of carbonyl (C=O) groups excluding carboxylic acids is 1. The van der Waals surface area contributed by atoms with Crippen LogP contribution >= 0.6 is 11.3 Å². The van der Waals surface area contributed by atoms with Gasteiger partial charge < -0.3 is 20.0 Å². The van der Waals surface area contributed by atoms with E-state index in [0.29, 0.717) is 11.7 Å². The van der Waals surface area contributed by atoms with Crippen LogP contribution in [0.5, 0.6) is 0 Å². The Balaban J connectivity index is 1.54. The van der Waals surface area contributed by atoms with E-state index >= 15 is 0 Å². The summed E-state index contributed by atoms with van der Waals surface area (Å²) in [6.45, 7) is 8.73. The van der Waals surface area contributed by atoms with Gasteiger partial charge in [-0.3, -0.25) is 4.79 Å². The maximum atomic E-state index is 12.4. The number of hydrogen-bond acceptors (Lipinski definition) is 7. The average molecular weight is 453 g/mol. The molecule has 3 aromatic heterocycles. The summed E-state index contributed by atoms with van der Waals surface area (Å²) in [7, 11) is 1.85. The smallest absolute Gasteiger partial charge is 0.239 e. The molecule has 1 aromatic carbocycles. The first-order valence-corrected chi connectivity index (χ1v) is 11.3. The summed E-state index contributed by atoms with van der Waals surface area (Å²) in [5.41, 5.74) is 1.72. The molecule has 4 rings (SSSR count). The van der Waals surface area contributed by atoms with Gasteiger partial charge in [0.2, 0.25) is 16.0 Å². The van der Waals surface area contributed by atoms with E-state index in [-0.39, 0.29) is 18.0 Å². The number of hydrogen-bond donors (Lipinski definition) is 2. The summed E-state index contributed by atoms with van der Waals surface area (Å²) in [6.07, 6.45) is 0. The number of anilines is 2. The van der Waals surface area contributed by atoms with E-state index in [0.717, 1.165) is 33.6 Å².